The summed E-state index contributed by atoms with van der Waals surface area (Å²) in [6, 6.07) is 20.8. The molecule has 0 N–H and O–H groups in total. The van der Waals surface area contributed by atoms with E-state index in [-0.39, 0.29) is 12.3 Å². The highest BCUT2D eigenvalue weighted by Crippen LogP contribution is 2.28. The van der Waals surface area contributed by atoms with Crippen LogP contribution >= 0.6 is 0 Å². The molecule has 1 radical (unpaired) electrons. The third kappa shape index (κ3) is 3.27. The molecule has 1 aliphatic heterocycles. The molecule has 1 unspecified atom stereocenters. The van der Waals surface area contributed by atoms with Crippen molar-refractivity contribution >= 4 is 0 Å². The molecule has 0 spiro atoms. The van der Waals surface area contributed by atoms with Gasteiger partial charge in [-0.15, -0.1) is 0 Å². The zero-order valence-corrected chi connectivity index (χ0v) is 11.6. The van der Waals surface area contributed by atoms with Gasteiger partial charge in [-0.05, 0) is 30.4 Å². The fourth-order valence-electron chi connectivity index (χ4n) is 2.63. The molecule has 0 saturated carbocycles. The van der Waals surface area contributed by atoms with Gasteiger partial charge in [-0.25, -0.2) is 5.32 Å². The van der Waals surface area contributed by atoms with Crippen LogP contribution in [0, 0.1) is 0 Å². The average Bonchev–Trinajstić information content (AvgIpc) is 2.55. The van der Waals surface area contributed by atoms with E-state index in [1.807, 2.05) is 12.1 Å². The summed E-state index contributed by atoms with van der Waals surface area (Å²) in [6.45, 7) is 0.932. The van der Waals surface area contributed by atoms with Crippen molar-refractivity contribution in [3.05, 3.63) is 71.8 Å². The standard InChI is InChI=1S/C18H20NO/c1-3-9-15(10-4-1)18(16-11-5-2-6-12-16)20-17-13-7-8-14-19-17/h1-6,9-12,17-18H,7-8,13-14H2. The van der Waals surface area contributed by atoms with Crippen molar-refractivity contribution in [3.63, 3.8) is 0 Å². The summed E-state index contributed by atoms with van der Waals surface area (Å²) in [5.74, 6) is 0. The summed E-state index contributed by atoms with van der Waals surface area (Å²) < 4.78 is 6.30. The molecule has 3 rings (SSSR count). The highest BCUT2D eigenvalue weighted by molar-refractivity contribution is 5.29. The lowest BCUT2D eigenvalue weighted by Crippen LogP contribution is -2.31. The average molecular weight is 266 g/mol. The summed E-state index contributed by atoms with van der Waals surface area (Å²) >= 11 is 0. The van der Waals surface area contributed by atoms with E-state index >= 15 is 0 Å². The van der Waals surface area contributed by atoms with Gasteiger partial charge in [0, 0.05) is 6.54 Å². The highest BCUT2D eigenvalue weighted by atomic mass is 16.5. The van der Waals surface area contributed by atoms with Crippen LogP contribution in [0.5, 0.6) is 0 Å². The highest BCUT2D eigenvalue weighted by Gasteiger charge is 2.22. The van der Waals surface area contributed by atoms with Gasteiger partial charge in [0.25, 0.3) is 0 Å². The summed E-state index contributed by atoms with van der Waals surface area (Å²) in [4.78, 5) is 0. The second-order valence-corrected chi connectivity index (χ2v) is 5.19. The van der Waals surface area contributed by atoms with Crippen molar-refractivity contribution in [1.82, 2.24) is 5.32 Å². The molecular formula is C18H20NO. The molecule has 0 aromatic heterocycles. The van der Waals surface area contributed by atoms with Gasteiger partial charge in [0.1, 0.15) is 12.3 Å². The van der Waals surface area contributed by atoms with Crippen LogP contribution in [0.1, 0.15) is 36.5 Å². The summed E-state index contributed by atoms with van der Waals surface area (Å²) in [5, 5.41) is 4.60. The van der Waals surface area contributed by atoms with Gasteiger partial charge in [-0.2, -0.15) is 0 Å². The van der Waals surface area contributed by atoms with Crippen LogP contribution in [-0.2, 0) is 4.74 Å². The van der Waals surface area contributed by atoms with E-state index in [1.165, 1.54) is 24.0 Å². The van der Waals surface area contributed by atoms with Gasteiger partial charge < -0.3 is 4.74 Å². The van der Waals surface area contributed by atoms with E-state index in [4.69, 9.17) is 4.74 Å². The number of piperidine rings is 1. The van der Waals surface area contributed by atoms with Crippen molar-refractivity contribution in [3.8, 4) is 0 Å². The molecule has 1 atom stereocenters. The van der Waals surface area contributed by atoms with Crippen LogP contribution in [0.25, 0.3) is 0 Å². The van der Waals surface area contributed by atoms with Crippen molar-refractivity contribution in [2.24, 2.45) is 0 Å². The van der Waals surface area contributed by atoms with Gasteiger partial charge >= 0.3 is 0 Å². The maximum Gasteiger partial charge on any atom is 0.124 e. The number of ether oxygens (including phenoxy) is 1. The maximum absolute atomic E-state index is 6.30. The van der Waals surface area contributed by atoms with Crippen molar-refractivity contribution in [2.75, 3.05) is 6.54 Å². The summed E-state index contributed by atoms with van der Waals surface area (Å²) in [5.41, 5.74) is 2.39. The number of nitrogens with zero attached hydrogens (tertiary/aromatic N) is 1. The van der Waals surface area contributed by atoms with E-state index in [1.54, 1.807) is 0 Å². The van der Waals surface area contributed by atoms with Gasteiger partial charge in [-0.1, -0.05) is 60.7 Å². The van der Waals surface area contributed by atoms with Gasteiger partial charge in [0.05, 0.1) is 0 Å². The third-order valence-electron chi connectivity index (χ3n) is 3.69. The predicted molar refractivity (Wildman–Crippen MR) is 80.5 cm³/mol. The molecule has 1 aliphatic rings. The van der Waals surface area contributed by atoms with Crippen LogP contribution < -0.4 is 5.32 Å². The molecule has 1 saturated heterocycles. The molecule has 2 aromatic carbocycles. The lowest BCUT2D eigenvalue weighted by Gasteiger charge is -2.28. The first-order valence-electron chi connectivity index (χ1n) is 7.35. The molecule has 2 nitrogen and oxygen atoms in total. The normalized spacial score (nSPS) is 19.1. The predicted octanol–water partition coefficient (Wildman–Crippen LogP) is 3.91. The summed E-state index contributed by atoms with van der Waals surface area (Å²) in [6.07, 6.45) is 3.46. The Morgan fingerprint density at radius 2 is 1.45 bits per heavy atom. The SMILES string of the molecule is c1ccc(C(OC2CCCC[N]2)c2ccccc2)cc1. The number of hydrogen-bond donors (Lipinski definition) is 0. The monoisotopic (exact) mass is 266 g/mol. The number of rotatable bonds is 4. The van der Waals surface area contributed by atoms with E-state index in [0.29, 0.717) is 0 Å². The van der Waals surface area contributed by atoms with Crippen LogP contribution in [-0.4, -0.2) is 12.8 Å². The Kier molecular flexibility index (Phi) is 4.46. The Labute approximate surface area is 120 Å². The molecule has 1 fully saturated rings. The van der Waals surface area contributed by atoms with Gasteiger partial charge in [-0.3, -0.25) is 0 Å². The Hall–Kier alpha value is -1.64. The minimum absolute atomic E-state index is 0.0238. The first-order valence-corrected chi connectivity index (χ1v) is 7.35. The minimum Gasteiger partial charge on any atom is -0.349 e. The zero-order valence-electron chi connectivity index (χ0n) is 11.6. The Morgan fingerprint density at radius 1 is 0.850 bits per heavy atom. The smallest absolute Gasteiger partial charge is 0.124 e. The molecule has 0 aliphatic carbocycles. The maximum atomic E-state index is 6.30. The number of benzene rings is 2. The minimum atomic E-state index is -0.0238. The molecule has 20 heavy (non-hydrogen) atoms. The Balaban J connectivity index is 1.83. The summed E-state index contributed by atoms with van der Waals surface area (Å²) in [7, 11) is 0. The van der Waals surface area contributed by atoms with Gasteiger partial charge in [0.15, 0.2) is 0 Å². The Bertz CT molecular complexity index is 466. The van der Waals surface area contributed by atoms with Crippen molar-refractivity contribution < 1.29 is 4.74 Å². The molecule has 1 heterocycles. The molecule has 0 bridgehead atoms. The van der Waals surface area contributed by atoms with Crippen molar-refractivity contribution in [1.29, 1.82) is 0 Å². The van der Waals surface area contributed by atoms with E-state index in [2.05, 4.69) is 53.8 Å². The van der Waals surface area contributed by atoms with Crippen LogP contribution in [0.4, 0.5) is 0 Å². The fraction of sp³-hybridized carbons (Fsp3) is 0.333. The third-order valence-corrected chi connectivity index (χ3v) is 3.69. The largest absolute Gasteiger partial charge is 0.349 e. The van der Waals surface area contributed by atoms with Crippen LogP contribution in [0.15, 0.2) is 60.7 Å². The molecule has 0 amide bonds. The zero-order chi connectivity index (χ0) is 13.6. The lowest BCUT2D eigenvalue weighted by atomic mass is 10.0. The second-order valence-electron chi connectivity index (χ2n) is 5.19. The molecule has 2 aromatic rings. The van der Waals surface area contributed by atoms with Crippen LogP contribution in [0.3, 0.4) is 0 Å². The van der Waals surface area contributed by atoms with E-state index in [9.17, 15) is 0 Å². The molecule has 2 heteroatoms. The fourth-order valence-corrected chi connectivity index (χ4v) is 2.63. The Morgan fingerprint density at radius 3 is 1.95 bits per heavy atom. The first-order chi connectivity index (χ1) is 9.93. The quantitative estimate of drug-likeness (QED) is 0.823. The van der Waals surface area contributed by atoms with Crippen molar-refractivity contribution in [2.45, 2.75) is 31.6 Å². The van der Waals surface area contributed by atoms with E-state index < -0.39 is 0 Å². The first kappa shape index (κ1) is 13.3. The lowest BCUT2D eigenvalue weighted by molar-refractivity contribution is -0.0284. The molecule has 103 valence electrons. The molecular weight excluding hydrogens is 246 g/mol. The number of hydrogen-bond acceptors (Lipinski definition) is 1. The van der Waals surface area contributed by atoms with E-state index in [0.717, 1.165) is 13.0 Å². The van der Waals surface area contributed by atoms with Crippen LogP contribution in [0.2, 0.25) is 0 Å². The van der Waals surface area contributed by atoms with Gasteiger partial charge in [0.2, 0.25) is 0 Å². The topological polar surface area (TPSA) is 23.3 Å². The second kappa shape index (κ2) is 6.69.